The number of anilines is 1. The molecule has 2 rings (SSSR count). The van der Waals surface area contributed by atoms with Crippen LogP contribution >= 0.6 is 35.6 Å². The number of benzene rings is 1. The summed E-state index contributed by atoms with van der Waals surface area (Å²) in [6.45, 7) is 7.34. The van der Waals surface area contributed by atoms with Crippen LogP contribution in [0.4, 0.5) is 5.69 Å². The van der Waals surface area contributed by atoms with Gasteiger partial charge >= 0.3 is 0 Å². The highest BCUT2D eigenvalue weighted by atomic mass is 127. The summed E-state index contributed by atoms with van der Waals surface area (Å²) in [7, 11) is 0. The van der Waals surface area contributed by atoms with E-state index >= 15 is 0 Å². The minimum atomic E-state index is -0.0802. The normalized spacial score (nSPS) is 14.5. The van der Waals surface area contributed by atoms with Gasteiger partial charge in [-0.1, -0.05) is 24.1 Å². The number of carbonyl (C=O) groups excluding carboxylic acids is 2. The molecule has 1 heterocycles. The topological polar surface area (TPSA) is 85.8 Å². The lowest BCUT2D eigenvalue weighted by molar-refractivity contribution is -0.130. The molecule has 0 bridgehead atoms. The van der Waals surface area contributed by atoms with Crippen molar-refractivity contribution in [1.82, 2.24) is 15.5 Å². The van der Waals surface area contributed by atoms with Crippen LogP contribution in [0.15, 0.2) is 23.2 Å². The average molecular weight is 564 g/mol. The van der Waals surface area contributed by atoms with Gasteiger partial charge in [-0.2, -0.15) is 0 Å². The maximum absolute atomic E-state index is 12.2. The molecule has 0 aliphatic carbocycles. The standard InChI is InChI=1S/C22H34ClN5O2.HI/c1-3-24-22(25-13-8-16-28-15-6-4-5-11-21(28)30)26-14-12-20(29)27-19-10-7-9-18(23)17(19)2;/h7,9-10H,3-6,8,11-16H2,1-2H3,(H,27,29)(H2,24,25,26);1H. The summed E-state index contributed by atoms with van der Waals surface area (Å²) in [6.07, 6.45) is 5.06. The van der Waals surface area contributed by atoms with Crippen LogP contribution in [-0.4, -0.2) is 55.4 Å². The molecule has 1 fully saturated rings. The lowest BCUT2D eigenvalue weighted by Gasteiger charge is -2.20. The maximum atomic E-state index is 12.2. The Morgan fingerprint density at radius 1 is 1.23 bits per heavy atom. The molecule has 174 valence electrons. The zero-order chi connectivity index (χ0) is 21.8. The number of nitrogens with one attached hydrogen (secondary N) is 3. The van der Waals surface area contributed by atoms with E-state index in [1.54, 1.807) is 6.07 Å². The Kier molecular flexibility index (Phi) is 13.6. The zero-order valence-corrected chi connectivity index (χ0v) is 21.6. The van der Waals surface area contributed by atoms with E-state index in [4.69, 9.17) is 11.6 Å². The van der Waals surface area contributed by atoms with Gasteiger partial charge in [0.05, 0.1) is 0 Å². The van der Waals surface area contributed by atoms with E-state index in [9.17, 15) is 9.59 Å². The molecule has 1 aliphatic heterocycles. The van der Waals surface area contributed by atoms with Gasteiger partial charge in [-0.15, -0.1) is 24.0 Å². The van der Waals surface area contributed by atoms with E-state index in [1.807, 2.05) is 30.9 Å². The van der Waals surface area contributed by atoms with Crippen molar-refractivity contribution in [3.05, 3.63) is 28.8 Å². The minimum absolute atomic E-state index is 0. The molecule has 1 aliphatic rings. The van der Waals surface area contributed by atoms with Gasteiger partial charge in [-0.3, -0.25) is 14.6 Å². The zero-order valence-electron chi connectivity index (χ0n) is 18.5. The first-order chi connectivity index (χ1) is 14.5. The summed E-state index contributed by atoms with van der Waals surface area (Å²) in [5, 5.41) is 9.91. The molecule has 2 amide bonds. The second kappa shape index (κ2) is 15.3. The number of nitrogens with zero attached hydrogens (tertiary/aromatic N) is 2. The van der Waals surface area contributed by atoms with Gasteiger partial charge in [0, 0.05) is 56.3 Å². The Labute approximate surface area is 207 Å². The van der Waals surface area contributed by atoms with Crippen LogP contribution in [0.2, 0.25) is 5.02 Å². The molecule has 9 heteroatoms. The van der Waals surface area contributed by atoms with Gasteiger partial charge in [0.25, 0.3) is 0 Å². The number of hydrogen-bond donors (Lipinski definition) is 3. The third-order valence-electron chi connectivity index (χ3n) is 5.06. The predicted octanol–water partition coefficient (Wildman–Crippen LogP) is 3.94. The maximum Gasteiger partial charge on any atom is 0.226 e. The highest BCUT2D eigenvalue weighted by Crippen LogP contribution is 2.22. The Bertz CT molecular complexity index is 745. The van der Waals surface area contributed by atoms with Crippen molar-refractivity contribution in [2.75, 3.05) is 38.0 Å². The van der Waals surface area contributed by atoms with Gasteiger partial charge < -0.3 is 20.9 Å². The summed E-state index contributed by atoms with van der Waals surface area (Å²) in [4.78, 5) is 30.8. The number of amides is 2. The Hall–Kier alpha value is -1.55. The van der Waals surface area contributed by atoms with Gasteiger partial charge in [0.1, 0.15) is 0 Å². The van der Waals surface area contributed by atoms with Crippen LogP contribution in [0.3, 0.4) is 0 Å². The van der Waals surface area contributed by atoms with Gasteiger partial charge in [-0.05, 0) is 50.8 Å². The number of hydrogen-bond acceptors (Lipinski definition) is 3. The van der Waals surface area contributed by atoms with Gasteiger partial charge in [0.2, 0.25) is 11.8 Å². The molecule has 0 aromatic heterocycles. The molecule has 1 saturated heterocycles. The SMILES string of the molecule is CCNC(=NCCCN1CCCCCC1=O)NCCC(=O)Nc1cccc(Cl)c1C.I. The lowest BCUT2D eigenvalue weighted by Crippen LogP contribution is -2.39. The summed E-state index contributed by atoms with van der Waals surface area (Å²) in [5.74, 6) is 0.872. The van der Waals surface area contributed by atoms with E-state index in [2.05, 4.69) is 20.9 Å². The van der Waals surface area contributed by atoms with Crippen LogP contribution in [0.1, 0.15) is 51.0 Å². The van der Waals surface area contributed by atoms with Crippen LogP contribution in [-0.2, 0) is 9.59 Å². The second-order valence-electron chi connectivity index (χ2n) is 7.44. The van der Waals surface area contributed by atoms with Crippen molar-refractivity contribution in [3.8, 4) is 0 Å². The molecule has 1 aromatic rings. The van der Waals surface area contributed by atoms with Crippen molar-refractivity contribution >= 4 is 59.0 Å². The van der Waals surface area contributed by atoms with Crippen LogP contribution in [0, 0.1) is 6.92 Å². The number of carbonyl (C=O) groups is 2. The minimum Gasteiger partial charge on any atom is -0.357 e. The lowest BCUT2D eigenvalue weighted by atomic mass is 10.2. The second-order valence-corrected chi connectivity index (χ2v) is 7.85. The molecular weight excluding hydrogens is 529 g/mol. The fourth-order valence-electron chi connectivity index (χ4n) is 3.32. The first kappa shape index (κ1) is 27.5. The molecule has 31 heavy (non-hydrogen) atoms. The van der Waals surface area contributed by atoms with Crippen LogP contribution in [0.5, 0.6) is 0 Å². The Balaban J connectivity index is 0.00000480. The van der Waals surface area contributed by atoms with Gasteiger partial charge in [0.15, 0.2) is 5.96 Å². The molecule has 0 unspecified atom stereocenters. The highest BCUT2D eigenvalue weighted by molar-refractivity contribution is 14.0. The molecule has 0 saturated carbocycles. The molecule has 1 aromatic carbocycles. The largest absolute Gasteiger partial charge is 0.357 e. The molecule has 7 nitrogen and oxygen atoms in total. The first-order valence-corrected chi connectivity index (χ1v) is 11.2. The van der Waals surface area contributed by atoms with Crippen molar-refractivity contribution in [3.63, 3.8) is 0 Å². The third-order valence-corrected chi connectivity index (χ3v) is 5.47. The predicted molar refractivity (Wildman–Crippen MR) is 138 cm³/mol. The van der Waals surface area contributed by atoms with Crippen LogP contribution < -0.4 is 16.0 Å². The molecule has 0 radical (unpaired) electrons. The number of guanidine groups is 1. The van der Waals surface area contributed by atoms with Crippen molar-refractivity contribution in [2.45, 2.75) is 52.4 Å². The van der Waals surface area contributed by atoms with Crippen molar-refractivity contribution in [2.24, 2.45) is 4.99 Å². The molecule has 0 spiro atoms. The number of rotatable bonds is 9. The number of halogens is 2. The third kappa shape index (κ3) is 10.1. The molecular formula is C22H35ClIN5O2. The van der Waals surface area contributed by atoms with E-state index in [-0.39, 0.29) is 35.8 Å². The van der Waals surface area contributed by atoms with E-state index in [0.717, 1.165) is 56.6 Å². The summed E-state index contributed by atoms with van der Waals surface area (Å²) in [6, 6.07) is 5.46. The summed E-state index contributed by atoms with van der Waals surface area (Å²) >= 11 is 6.09. The average Bonchev–Trinajstić information content (AvgIpc) is 2.93. The Morgan fingerprint density at radius 3 is 2.81 bits per heavy atom. The fraction of sp³-hybridized carbons (Fsp3) is 0.591. The van der Waals surface area contributed by atoms with Crippen molar-refractivity contribution in [1.29, 1.82) is 0 Å². The van der Waals surface area contributed by atoms with Crippen molar-refractivity contribution < 1.29 is 9.59 Å². The first-order valence-electron chi connectivity index (χ1n) is 10.9. The fourth-order valence-corrected chi connectivity index (χ4v) is 3.49. The van der Waals surface area contributed by atoms with E-state index < -0.39 is 0 Å². The summed E-state index contributed by atoms with van der Waals surface area (Å²) < 4.78 is 0. The molecule has 0 atom stereocenters. The summed E-state index contributed by atoms with van der Waals surface area (Å²) in [5.41, 5.74) is 1.59. The molecule has 3 N–H and O–H groups in total. The van der Waals surface area contributed by atoms with E-state index in [0.29, 0.717) is 36.9 Å². The number of aliphatic imine (C=N–C) groups is 1. The van der Waals surface area contributed by atoms with Gasteiger partial charge in [-0.25, -0.2) is 0 Å². The highest BCUT2D eigenvalue weighted by Gasteiger charge is 2.15. The van der Waals surface area contributed by atoms with E-state index in [1.165, 1.54) is 0 Å². The van der Waals surface area contributed by atoms with Crippen LogP contribution in [0.25, 0.3) is 0 Å². The Morgan fingerprint density at radius 2 is 2.03 bits per heavy atom. The monoisotopic (exact) mass is 563 g/mol. The quantitative estimate of drug-likeness (QED) is 0.184. The smallest absolute Gasteiger partial charge is 0.226 e. The number of likely N-dealkylation sites (tertiary alicyclic amines) is 1.